The van der Waals surface area contributed by atoms with Crippen LogP contribution in [-0.4, -0.2) is 0 Å². The Bertz CT molecular complexity index is 308. The van der Waals surface area contributed by atoms with Crippen LogP contribution in [0, 0.1) is 0 Å². The van der Waals surface area contributed by atoms with E-state index in [9.17, 15) is 0 Å². The minimum Gasteiger partial charge on any atom is -0.0654 e. The Morgan fingerprint density at radius 1 is 0.737 bits per heavy atom. The summed E-state index contributed by atoms with van der Waals surface area (Å²) in [5.74, 6) is 0. The summed E-state index contributed by atoms with van der Waals surface area (Å²) in [7, 11) is 0. The molecule has 19 heavy (non-hydrogen) atoms. The average Bonchev–Trinajstić information content (AvgIpc) is 2.48. The lowest BCUT2D eigenvalue weighted by atomic mass is 9.72. The summed E-state index contributed by atoms with van der Waals surface area (Å²) < 4.78 is 0. The Kier molecular flexibility index (Phi) is 7.86. The monoisotopic (exact) mass is 260 g/mol. The number of hydrogen-bond acceptors (Lipinski definition) is 0. The van der Waals surface area contributed by atoms with Crippen molar-refractivity contribution in [3.63, 3.8) is 0 Å². The summed E-state index contributed by atoms with van der Waals surface area (Å²) in [6, 6.07) is 11.2. The van der Waals surface area contributed by atoms with Crippen molar-refractivity contribution in [2.45, 2.75) is 84.0 Å². The Morgan fingerprint density at radius 2 is 1.32 bits per heavy atom. The van der Waals surface area contributed by atoms with Gasteiger partial charge in [-0.15, -0.1) is 0 Å². The highest BCUT2D eigenvalue weighted by molar-refractivity contribution is 5.25. The van der Waals surface area contributed by atoms with Crippen LogP contribution in [0.5, 0.6) is 0 Å². The Labute approximate surface area is 120 Å². The minimum atomic E-state index is 0.423. The van der Waals surface area contributed by atoms with Crippen LogP contribution in [-0.2, 0) is 5.41 Å². The molecule has 0 spiro atoms. The second-order valence-electron chi connectivity index (χ2n) is 5.87. The van der Waals surface area contributed by atoms with Crippen molar-refractivity contribution < 1.29 is 0 Å². The predicted octanol–water partition coefficient (Wildman–Crippen LogP) is 6.50. The van der Waals surface area contributed by atoms with E-state index >= 15 is 0 Å². The van der Waals surface area contributed by atoms with E-state index < -0.39 is 0 Å². The van der Waals surface area contributed by atoms with Gasteiger partial charge in [-0.05, 0) is 30.2 Å². The van der Waals surface area contributed by atoms with Crippen molar-refractivity contribution in [1.82, 2.24) is 0 Å². The largest absolute Gasteiger partial charge is 0.0654 e. The molecule has 0 atom stereocenters. The fourth-order valence-electron chi connectivity index (χ4n) is 3.19. The Balaban J connectivity index is 2.48. The van der Waals surface area contributed by atoms with E-state index in [0.29, 0.717) is 5.41 Å². The number of rotatable bonds is 10. The molecule has 0 saturated carbocycles. The highest BCUT2D eigenvalue weighted by atomic mass is 14.3. The van der Waals surface area contributed by atoms with E-state index in [0.717, 1.165) is 0 Å². The molecule has 0 radical (unpaired) electrons. The molecule has 0 amide bonds. The first-order valence-electron chi connectivity index (χ1n) is 8.34. The molecule has 0 heterocycles. The van der Waals surface area contributed by atoms with Crippen LogP contribution < -0.4 is 0 Å². The van der Waals surface area contributed by atoms with E-state index in [4.69, 9.17) is 0 Å². The minimum absolute atomic E-state index is 0.423. The van der Waals surface area contributed by atoms with Crippen molar-refractivity contribution >= 4 is 0 Å². The third-order valence-electron chi connectivity index (χ3n) is 4.75. The average molecular weight is 260 g/mol. The van der Waals surface area contributed by atoms with Gasteiger partial charge in [0.05, 0.1) is 0 Å². The molecular weight excluding hydrogens is 228 g/mol. The summed E-state index contributed by atoms with van der Waals surface area (Å²) in [5, 5.41) is 0. The lowest BCUT2D eigenvalue weighted by Gasteiger charge is -2.32. The van der Waals surface area contributed by atoms with Crippen LogP contribution >= 0.6 is 0 Å². The quantitative estimate of drug-likeness (QED) is 0.421. The van der Waals surface area contributed by atoms with Gasteiger partial charge in [0, 0.05) is 0 Å². The van der Waals surface area contributed by atoms with Gasteiger partial charge in [0.1, 0.15) is 0 Å². The summed E-state index contributed by atoms with van der Waals surface area (Å²) in [6.07, 6.45) is 12.3. The first-order valence-corrected chi connectivity index (χ1v) is 8.34. The molecule has 0 aliphatic heterocycles. The van der Waals surface area contributed by atoms with Gasteiger partial charge in [0.2, 0.25) is 0 Å². The van der Waals surface area contributed by atoms with E-state index in [2.05, 4.69) is 51.1 Å². The Morgan fingerprint density at radius 3 is 1.89 bits per heavy atom. The summed E-state index contributed by atoms with van der Waals surface area (Å²) >= 11 is 0. The maximum Gasteiger partial charge on any atom is -0.00522 e. The number of benzene rings is 1. The third-order valence-corrected chi connectivity index (χ3v) is 4.75. The zero-order valence-corrected chi connectivity index (χ0v) is 13.3. The topological polar surface area (TPSA) is 0 Å². The van der Waals surface area contributed by atoms with Gasteiger partial charge in [0.25, 0.3) is 0 Å². The van der Waals surface area contributed by atoms with Crippen LogP contribution in [0.15, 0.2) is 30.3 Å². The maximum absolute atomic E-state index is 2.35. The summed E-state index contributed by atoms with van der Waals surface area (Å²) in [6.45, 7) is 7.00. The molecule has 1 aromatic carbocycles. The van der Waals surface area contributed by atoms with Gasteiger partial charge < -0.3 is 0 Å². The van der Waals surface area contributed by atoms with Crippen LogP contribution in [0.1, 0.15) is 84.1 Å². The van der Waals surface area contributed by atoms with Crippen molar-refractivity contribution in [1.29, 1.82) is 0 Å². The molecule has 0 aromatic heterocycles. The molecular formula is C19H32. The molecule has 0 saturated heterocycles. The molecule has 0 N–H and O–H groups in total. The SMILES string of the molecule is CCCCCCCCC(CC)(CC)c1ccccc1. The number of unbranched alkanes of at least 4 members (excludes halogenated alkanes) is 5. The van der Waals surface area contributed by atoms with Gasteiger partial charge in [-0.3, -0.25) is 0 Å². The molecule has 0 fully saturated rings. The molecule has 1 rings (SSSR count). The molecule has 0 aliphatic rings. The summed E-state index contributed by atoms with van der Waals surface area (Å²) in [5.41, 5.74) is 1.97. The van der Waals surface area contributed by atoms with Crippen molar-refractivity contribution in [2.24, 2.45) is 0 Å². The zero-order chi connectivity index (χ0) is 14.0. The molecule has 108 valence electrons. The lowest BCUT2D eigenvalue weighted by Crippen LogP contribution is -2.24. The standard InChI is InChI=1S/C19H32/c1-4-7-8-9-10-14-17-19(5-2,6-3)18-15-12-11-13-16-18/h11-13,15-16H,4-10,14,17H2,1-3H3. The first-order chi connectivity index (χ1) is 9.29. The molecule has 0 heteroatoms. The fraction of sp³-hybridized carbons (Fsp3) is 0.684. The molecule has 0 aliphatic carbocycles. The number of hydrogen-bond donors (Lipinski definition) is 0. The Hall–Kier alpha value is -0.780. The van der Waals surface area contributed by atoms with Gasteiger partial charge in [-0.25, -0.2) is 0 Å². The maximum atomic E-state index is 2.35. The first kappa shape index (κ1) is 16.3. The predicted molar refractivity (Wildman–Crippen MR) is 86.7 cm³/mol. The van der Waals surface area contributed by atoms with Crippen LogP contribution in [0.4, 0.5) is 0 Å². The second kappa shape index (κ2) is 9.18. The molecule has 0 unspecified atom stereocenters. The third kappa shape index (κ3) is 5.01. The van der Waals surface area contributed by atoms with Crippen LogP contribution in [0.25, 0.3) is 0 Å². The molecule has 0 bridgehead atoms. The van der Waals surface area contributed by atoms with E-state index in [1.807, 2.05) is 0 Å². The molecule has 0 nitrogen and oxygen atoms in total. The van der Waals surface area contributed by atoms with Crippen molar-refractivity contribution in [3.05, 3.63) is 35.9 Å². The zero-order valence-electron chi connectivity index (χ0n) is 13.3. The fourth-order valence-corrected chi connectivity index (χ4v) is 3.19. The van der Waals surface area contributed by atoms with Gasteiger partial charge in [-0.1, -0.05) is 89.6 Å². The molecule has 1 aromatic rings. The van der Waals surface area contributed by atoms with E-state index in [-0.39, 0.29) is 0 Å². The van der Waals surface area contributed by atoms with Crippen LogP contribution in [0.2, 0.25) is 0 Å². The van der Waals surface area contributed by atoms with Crippen molar-refractivity contribution in [2.75, 3.05) is 0 Å². The van der Waals surface area contributed by atoms with Crippen LogP contribution in [0.3, 0.4) is 0 Å². The smallest absolute Gasteiger partial charge is 0.00522 e. The highest BCUT2D eigenvalue weighted by Gasteiger charge is 2.27. The van der Waals surface area contributed by atoms with Gasteiger partial charge in [0.15, 0.2) is 0 Å². The normalized spacial score (nSPS) is 11.7. The van der Waals surface area contributed by atoms with Gasteiger partial charge in [-0.2, -0.15) is 0 Å². The van der Waals surface area contributed by atoms with Crippen molar-refractivity contribution in [3.8, 4) is 0 Å². The second-order valence-corrected chi connectivity index (χ2v) is 5.87. The summed E-state index contributed by atoms with van der Waals surface area (Å²) in [4.78, 5) is 0. The lowest BCUT2D eigenvalue weighted by molar-refractivity contribution is 0.348. The van der Waals surface area contributed by atoms with E-state index in [1.54, 1.807) is 5.56 Å². The highest BCUT2D eigenvalue weighted by Crippen LogP contribution is 2.36. The van der Waals surface area contributed by atoms with Gasteiger partial charge >= 0.3 is 0 Å². The van der Waals surface area contributed by atoms with E-state index in [1.165, 1.54) is 57.8 Å².